The fraction of sp³-hybridized carbons (Fsp3) is 0.444. The minimum absolute atomic E-state index is 0.748. The van der Waals surface area contributed by atoms with E-state index in [0.29, 0.717) is 0 Å². The van der Waals surface area contributed by atoms with Crippen LogP contribution >= 0.6 is 0 Å². The lowest BCUT2D eigenvalue weighted by atomic mass is 10.1. The molecule has 0 spiro atoms. The fourth-order valence-corrected chi connectivity index (χ4v) is 3.04. The molecule has 3 rings (SSSR count). The van der Waals surface area contributed by atoms with E-state index in [1.165, 1.54) is 19.4 Å². The molecule has 0 aromatic heterocycles. The SMILES string of the molecule is C[C@H]1CCCN1CCCOc1ccc(C2=CC=CNN2)cc1. The van der Waals surface area contributed by atoms with Crippen molar-refractivity contribution in [2.24, 2.45) is 0 Å². The molecule has 2 aliphatic rings. The van der Waals surface area contributed by atoms with Crippen LogP contribution in [0, 0.1) is 0 Å². The van der Waals surface area contributed by atoms with Gasteiger partial charge in [0.25, 0.3) is 0 Å². The largest absolute Gasteiger partial charge is 0.494 e. The molecule has 0 saturated carbocycles. The summed E-state index contributed by atoms with van der Waals surface area (Å²) in [5.41, 5.74) is 8.32. The average Bonchev–Trinajstić information content (AvgIpc) is 2.98. The molecule has 22 heavy (non-hydrogen) atoms. The van der Waals surface area contributed by atoms with Gasteiger partial charge in [0.2, 0.25) is 0 Å². The van der Waals surface area contributed by atoms with Gasteiger partial charge in [0.15, 0.2) is 0 Å². The number of allylic oxidation sites excluding steroid dienone is 2. The smallest absolute Gasteiger partial charge is 0.119 e. The van der Waals surface area contributed by atoms with Gasteiger partial charge in [-0.25, -0.2) is 0 Å². The number of hydrogen-bond donors (Lipinski definition) is 2. The van der Waals surface area contributed by atoms with Crippen molar-refractivity contribution in [1.29, 1.82) is 0 Å². The van der Waals surface area contributed by atoms with E-state index in [1.54, 1.807) is 0 Å². The molecular formula is C18H25N3O. The Labute approximate surface area is 132 Å². The molecule has 118 valence electrons. The number of nitrogens with zero attached hydrogens (tertiary/aromatic N) is 1. The first-order valence-electron chi connectivity index (χ1n) is 8.18. The number of rotatable bonds is 6. The van der Waals surface area contributed by atoms with Crippen molar-refractivity contribution in [1.82, 2.24) is 15.8 Å². The molecule has 1 saturated heterocycles. The second-order valence-electron chi connectivity index (χ2n) is 5.96. The highest BCUT2D eigenvalue weighted by Crippen LogP contribution is 2.19. The van der Waals surface area contributed by atoms with Crippen LogP contribution in [0.2, 0.25) is 0 Å². The molecule has 4 heteroatoms. The summed E-state index contributed by atoms with van der Waals surface area (Å²) in [6.45, 7) is 5.51. The molecule has 2 N–H and O–H groups in total. The molecule has 0 amide bonds. The van der Waals surface area contributed by atoms with Crippen molar-refractivity contribution < 1.29 is 4.74 Å². The molecule has 2 heterocycles. The predicted molar refractivity (Wildman–Crippen MR) is 90.2 cm³/mol. The molecule has 1 atom stereocenters. The Balaban J connectivity index is 1.43. The van der Waals surface area contributed by atoms with Crippen LogP contribution in [0.15, 0.2) is 42.6 Å². The molecule has 1 aromatic rings. The maximum Gasteiger partial charge on any atom is 0.119 e. The summed E-state index contributed by atoms with van der Waals surface area (Å²) in [6.07, 6.45) is 9.67. The number of benzene rings is 1. The molecule has 4 nitrogen and oxygen atoms in total. The van der Waals surface area contributed by atoms with Crippen LogP contribution in [0.25, 0.3) is 5.70 Å². The second kappa shape index (κ2) is 7.36. The van der Waals surface area contributed by atoms with E-state index in [9.17, 15) is 0 Å². The van der Waals surface area contributed by atoms with Crippen molar-refractivity contribution in [3.05, 3.63) is 48.2 Å². The first-order chi connectivity index (χ1) is 10.8. The number of hydrogen-bond acceptors (Lipinski definition) is 4. The third-order valence-corrected chi connectivity index (χ3v) is 4.36. The van der Waals surface area contributed by atoms with Crippen LogP contribution in [-0.2, 0) is 0 Å². The predicted octanol–water partition coefficient (Wildman–Crippen LogP) is 2.90. The lowest BCUT2D eigenvalue weighted by Gasteiger charge is -2.20. The molecule has 1 fully saturated rings. The normalized spacial score (nSPS) is 21.1. The van der Waals surface area contributed by atoms with Crippen molar-refractivity contribution in [3.63, 3.8) is 0 Å². The van der Waals surface area contributed by atoms with Gasteiger partial charge in [-0.05, 0) is 74.7 Å². The van der Waals surface area contributed by atoms with Gasteiger partial charge in [0.05, 0.1) is 12.3 Å². The highest BCUT2D eigenvalue weighted by atomic mass is 16.5. The summed E-state index contributed by atoms with van der Waals surface area (Å²) in [6, 6.07) is 8.98. The van der Waals surface area contributed by atoms with Crippen LogP contribution in [0.1, 0.15) is 31.7 Å². The van der Waals surface area contributed by atoms with Gasteiger partial charge in [-0.15, -0.1) is 0 Å². The molecule has 0 radical (unpaired) electrons. The van der Waals surface area contributed by atoms with Gasteiger partial charge in [-0.2, -0.15) is 0 Å². The number of hydrazine groups is 1. The quantitative estimate of drug-likeness (QED) is 0.792. The lowest BCUT2D eigenvalue weighted by Crippen LogP contribution is -2.28. The van der Waals surface area contributed by atoms with Crippen molar-refractivity contribution >= 4 is 5.70 Å². The number of likely N-dealkylation sites (tertiary alicyclic amines) is 1. The van der Waals surface area contributed by atoms with Crippen LogP contribution in [0.3, 0.4) is 0 Å². The summed E-state index contributed by atoms with van der Waals surface area (Å²) >= 11 is 0. The topological polar surface area (TPSA) is 36.5 Å². The van der Waals surface area contributed by atoms with Gasteiger partial charge in [-0.1, -0.05) is 0 Å². The number of nitrogens with one attached hydrogen (secondary N) is 2. The van der Waals surface area contributed by atoms with E-state index in [1.807, 2.05) is 30.5 Å². The third kappa shape index (κ3) is 3.83. The standard InChI is InChI=1S/C18H25N3O/c1-15-5-3-12-21(15)13-4-14-22-17-9-7-16(8-10-17)18-6-2-11-19-20-18/h2,6-11,15,19-20H,3-5,12-14H2,1H3/t15-/m0/s1. The van der Waals surface area contributed by atoms with Crippen LogP contribution in [-0.4, -0.2) is 30.6 Å². The zero-order valence-electron chi connectivity index (χ0n) is 13.2. The van der Waals surface area contributed by atoms with E-state index < -0.39 is 0 Å². The van der Waals surface area contributed by atoms with Gasteiger partial charge < -0.3 is 20.5 Å². The lowest BCUT2D eigenvalue weighted by molar-refractivity contribution is 0.230. The van der Waals surface area contributed by atoms with Gasteiger partial charge in [-0.3, -0.25) is 0 Å². The van der Waals surface area contributed by atoms with Gasteiger partial charge >= 0.3 is 0 Å². The number of ether oxygens (including phenoxy) is 1. The molecule has 0 unspecified atom stereocenters. The summed E-state index contributed by atoms with van der Waals surface area (Å²) in [4.78, 5) is 2.56. The first-order valence-corrected chi connectivity index (χ1v) is 8.18. The summed E-state index contributed by atoms with van der Waals surface area (Å²) in [7, 11) is 0. The Hall–Kier alpha value is -1.94. The Kier molecular flexibility index (Phi) is 5.01. The molecule has 2 aliphatic heterocycles. The van der Waals surface area contributed by atoms with Crippen LogP contribution < -0.4 is 15.6 Å². The molecular weight excluding hydrogens is 274 g/mol. The Morgan fingerprint density at radius 1 is 1.27 bits per heavy atom. The maximum atomic E-state index is 5.85. The van der Waals surface area contributed by atoms with E-state index in [-0.39, 0.29) is 0 Å². The van der Waals surface area contributed by atoms with Crippen molar-refractivity contribution in [3.8, 4) is 5.75 Å². The van der Waals surface area contributed by atoms with Crippen LogP contribution in [0.5, 0.6) is 5.75 Å². The first kappa shape index (κ1) is 15.0. The van der Waals surface area contributed by atoms with Gasteiger partial charge in [0.1, 0.15) is 5.75 Å². The third-order valence-electron chi connectivity index (χ3n) is 4.36. The summed E-state index contributed by atoms with van der Waals surface area (Å²) in [5, 5.41) is 0. The Morgan fingerprint density at radius 2 is 2.14 bits per heavy atom. The van der Waals surface area contributed by atoms with Gasteiger partial charge in [0, 0.05) is 18.8 Å². The molecule has 0 aliphatic carbocycles. The average molecular weight is 299 g/mol. The zero-order chi connectivity index (χ0) is 15.2. The van der Waals surface area contributed by atoms with E-state index in [4.69, 9.17) is 4.74 Å². The summed E-state index contributed by atoms with van der Waals surface area (Å²) in [5.74, 6) is 0.943. The Bertz CT molecular complexity index is 536. The van der Waals surface area contributed by atoms with E-state index in [0.717, 1.165) is 42.6 Å². The van der Waals surface area contributed by atoms with E-state index >= 15 is 0 Å². The minimum Gasteiger partial charge on any atom is -0.494 e. The molecule has 0 bridgehead atoms. The van der Waals surface area contributed by atoms with E-state index in [2.05, 4.69) is 34.8 Å². The fourth-order valence-electron chi connectivity index (χ4n) is 3.04. The molecule has 1 aromatic carbocycles. The van der Waals surface area contributed by atoms with Crippen LogP contribution in [0.4, 0.5) is 0 Å². The zero-order valence-corrected chi connectivity index (χ0v) is 13.2. The minimum atomic E-state index is 0.748. The highest BCUT2D eigenvalue weighted by Gasteiger charge is 2.18. The monoisotopic (exact) mass is 299 g/mol. The maximum absolute atomic E-state index is 5.85. The van der Waals surface area contributed by atoms with Crippen molar-refractivity contribution in [2.75, 3.05) is 19.7 Å². The summed E-state index contributed by atoms with van der Waals surface area (Å²) < 4.78 is 5.85. The highest BCUT2D eigenvalue weighted by molar-refractivity contribution is 5.66. The van der Waals surface area contributed by atoms with Crippen molar-refractivity contribution in [2.45, 2.75) is 32.2 Å². The Morgan fingerprint density at radius 3 is 2.82 bits per heavy atom. The second-order valence-corrected chi connectivity index (χ2v) is 5.96.